The molecule has 1 saturated heterocycles. The van der Waals surface area contributed by atoms with Gasteiger partial charge in [-0.3, -0.25) is 0 Å². The third-order valence-corrected chi connectivity index (χ3v) is 4.21. The molecule has 0 unspecified atom stereocenters. The molecular weight excluding hydrogens is 344 g/mol. The van der Waals surface area contributed by atoms with E-state index in [1.807, 2.05) is 32.0 Å². The molecule has 1 fully saturated rings. The fraction of sp³-hybridized carbons (Fsp3) is 0.421. The van der Waals surface area contributed by atoms with Crippen LogP contribution in [0.2, 0.25) is 0 Å². The van der Waals surface area contributed by atoms with E-state index in [4.69, 9.17) is 4.74 Å². The Bertz CT molecular complexity index is 756. The maximum absolute atomic E-state index is 12.0. The maximum Gasteiger partial charge on any atom is 0.319 e. The largest absolute Gasteiger partial charge is 0.378 e. The molecule has 2 amide bonds. The molecule has 2 heterocycles. The van der Waals surface area contributed by atoms with Gasteiger partial charge in [0.15, 0.2) is 5.82 Å². The van der Waals surface area contributed by atoms with Crippen LogP contribution in [0.4, 0.5) is 22.0 Å². The van der Waals surface area contributed by atoms with Gasteiger partial charge in [0.2, 0.25) is 0 Å². The monoisotopic (exact) mass is 370 g/mol. The van der Waals surface area contributed by atoms with Crippen molar-refractivity contribution in [2.75, 3.05) is 54.9 Å². The van der Waals surface area contributed by atoms with Crippen LogP contribution in [0.1, 0.15) is 11.1 Å². The van der Waals surface area contributed by atoms with Gasteiger partial charge in [0.05, 0.1) is 25.1 Å². The highest BCUT2D eigenvalue weighted by molar-refractivity contribution is 5.89. The van der Waals surface area contributed by atoms with Crippen LogP contribution in [0.25, 0.3) is 0 Å². The number of carbonyl (C=O) groups excluding carboxylic acids is 1. The van der Waals surface area contributed by atoms with Gasteiger partial charge in [-0.2, -0.15) is 5.10 Å². The van der Waals surface area contributed by atoms with E-state index < -0.39 is 0 Å². The summed E-state index contributed by atoms with van der Waals surface area (Å²) in [4.78, 5) is 14.2. The highest BCUT2D eigenvalue weighted by Crippen LogP contribution is 2.17. The van der Waals surface area contributed by atoms with Crippen molar-refractivity contribution in [3.8, 4) is 0 Å². The lowest BCUT2D eigenvalue weighted by Gasteiger charge is -2.28. The Hall–Kier alpha value is -2.87. The summed E-state index contributed by atoms with van der Waals surface area (Å²) in [5.41, 5.74) is 4.05. The summed E-state index contributed by atoms with van der Waals surface area (Å²) in [7, 11) is 0. The number of hydrogen-bond acceptors (Lipinski definition) is 6. The Kier molecular flexibility index (Phi) is 6.43. The van der Waals surface area contributed by atoms with E-state index >= 15 is 0 Å². The predicted molar refractivity (Wildman–Crippen MR) is 106 cm³/mol. The molecule has 1 aliphatic heterocycles. The lowest BCUT2D eigenvalue weighted by molar-refractivity contribution is 0.122. The van der Waals surface area contributed by atoms with Gasteiger partial charge < -0.3 is 25.6 Å². The highest BCUT2D eigenvalue weighted by Gasteiger charge is 2.12. The molecule has 1 aliphatic rings. The van der Waals surface area contributed by atoms with Gasteiger partial charge in [0.1, 0.15) is 0 Å². The summed E-state index contributed by atoms with van der Waals surface area (Å²) in [6.45, 7) is 8.20. The first-order chi connectivity index (χ1) is 13.1. The number of morpholine rings is 1. The number of anilines is 3. The number of amides is 2. The van der Waals surface area contributed by atoms with E-state index in [9.17, 15) is 4.79 Å². The second kappa shape index (κ2) is 9.18. The number of ether oxygens (including phenoxy) is 1. The molecule has 0 aliphatic carbocycles. The summed E-state index contributed by atoms with van der Waals surface area (Å²) < 4.78 is 5.37. The first-order valence-electron chi connectivity index (χ1n) is 9.12. The molecular formula is C19H26N6O2. The van der Waals surface area contributed by atoms with Crippen molar-refractivity contribution in [1.82, 2.24) is 15.5 Å². The van der Waals surface area contributed by atoms with E-state index in [0.717, 1.165) is 48.8 Å². The fourth-order valence-electron chi connectivity index (χ4n) is 3.03. The molecule has 144 valence electrons. The molecule has 1 aromatic heterocycles. The Morgan fingerprint density at radius 1 is 1.11 bits per heavy atom. The van der Waals surface area contributed by atoms with Crippen molar-refractivity contribution in [2.45, 2.75) is 13.8 Å². The number of urea groups is 1. The molecule has 0 bridgehead atoms. The van der Waals surface area contributed by atoms with Crippen LogP contribution in [0.5, 0.6) is 0 Å². The number of aromatic nitrogens is 2. The Morgan fingerprint density at radius 2 is 1.85 bits per heavy atom. The summed E-state index contributed by atoms with van der Waals surface area (Å²) in [5.74, 6) is 0.690. The first kappa shape index (κ1) is 18.9. The minimum absolute atomic E-state index is 0.227. The number of carbonyl (C=O) groups is 1. The molecule has 0 spiro atoms. The van der Waals surface area contributed by atoms with E-state index in [2.05, 4.69) is 37.1 Å². The quantitative estimate of drug-likeness (QED) is 0.675. The Labute approximate surface area is 159 Å². The average Bonchev–Trinajstić information content (AvgIpc) is 2.65. The molecule has 2 aromatic rings. The Balaban J connectivity index is 1.42. The lowest BCUT2D eigenvalue weighted by Crippen LogP contribution is -2.36. The number of benzene rings is 1. The zero-order valence-corrected chi connectivity index (χ0v) is 15.8. The van der Waals surface area contributed by atoms with Crippen LogP contribution in [-0.4, -0.2) is 55.6 Å². The van der Waals surface area contributed by atoms with Crippen molar-refractivity contribution in [3.05, 3.63) is 41.6 Å². The summed E-state index contributed by atoms with van der Waals surface area (Å²) >= 11 is 0. The van der Waals surface area contributed by atoms with E-state index in [-0.39, 0.29) is 6.03 Å². The molecule has 8 heteroatoms. The van der Waals surface area contributed by atoms with Crippen LogP contribution in [0.15, 0.2) is 30.5 Å². The summed E-state index contributed by atoms with van der Waals surface area (Å²) in [5, 5.41) is 17.0. The third kappa shape index (κ3) is 5.82. The maximum atomic E-state index is 12.0. The zero-order valence-electron chi connectivity index (χ0n) is 15.8. The zero-order chi connectivity index (χ0) is 19.1. The van der Waals surface area contributed by atoms with Crippen LogP contribution >= 0.6 is 0 Å². The average molecular weight is 370 g/mol. The molecule has 3 rings (SSSR count). The van der Waals surface area contributed by atoms with Gasteiger partial charge in [-0.25, -0.2) is 4.79 Å². The molecule has 0 atom stereocenters. The van der Waals surface area contributed by atoms with Crippen LogP contribution < -0.4 is 20.9 Å². The fourth-order valence-corrected chi connectivity index (χ4v) is 3.03. The predicted octanol–water partition coefficient (Wildman–Crippen LogP) is 2.16. The van der Waals surface area contributed by atoms with Crippen molar-refractivity contribution in [1.29, 1.82) is 0 Å². The number of rotatable bonds is 6. The molecule has 27 heavy (non-hydrogen) atoms. The Morgan fingerprint density at radius 3 is 2.59 bits per heavy atom. The smallest absolute Gasteiger partial charge is 0.319 e. The van der Waals surface area contributed by atoms with Crippen molar-refractivity contribution in [3.63, 3.8) is 0 Å². The van der Waals surface area contributed by atoms with E-state index in [1.165, 1.54) is 0 Å². The SMILES string of the molecule is Cc1cc(C)cc(NC(=O)NCCNc2cc(N3CCOCC3)cnn2)c1. The number of nitrogens with zero attached hydrogens (tertiary/aromatic N) is 3. The van der Waals surface area contributed by atoms with Crippen LogP contribution in [0, 0.1) is 13.8 Å². The third-order valence-electron chi connectivity index (χ3n) is 4.21. The molecule has 0 radical (unpaired) electrons. The van der Waals surface area contributed by atoms with Gasteiger partial charge in [0.25, 0.3) is 0 Å². The van der Waals surface area contributed by atoms with Gasteiger partial charge in [-0.1, -0.05) is 6.07 Å². The van der Waals surface area contributed by atoms with E-state index in [1.54, 1.807) is 6.20 Å². The van der Waals surface area contributed by atoms with Crippen LogP contribution in [0.3, 0.4) is 0 Å². The second-order valence-corrected chi connectivity index (χ2v) is 6.58. The number of aryl methyl sites for hydroxylation is 2. The van der Waals surface area contributed by atoms with Crippen LogP contribution in [-0.2, 0) is 4.74 Å². The van der Waals surface area contributed by atoms with Gasteiger partial charge in [-0.05, 0) is 37.1 Å². The summed E-state index contributed by atoms with van der Waals surface area (Å²) in [6.07, 6.45) is 1.76. The summed E-state index contributed by atoms with van der Waals surface area (Å²) in [6, 6.07) is 7.69. The van der Waals surface area contributed by atoms with Crippen molar-refractivity contribution >= 4 is 23.2 Å². The minimum Gasteiger partial charge on any atom is -0.378 e. The van der Waals surface area contributed by atoms with Gasteiger partial charge in [0, 0.05) is 37.9 Å². The molecule has 8 nitrogen and oxygen atoms in total. The standard InChI is InChI=1S/C19H26N6O2/c1-14-9-15(2)11-16(10-14)23-19(26)21-4-3-20-18-12-17(13-22-24-18)25-5-7-27-8-6-25/h9-13H,3-8H2,1-2H3,(H,20,24)(H2,21,23,26). The number of nitrogens with one attached hydrogen (secondary N) is 3. The van der Waals surface area contributed by atoms with E-state index in [0.29, 0.717) is 18.9 Å². The normalized spacial score (nSPS) is 13.9. The van der Waals surface area contributed by atoms with Gasteiger partial charge >= 0.3 is 6.03 Å². The minimum atomic E-state index is -0.227. The topological polar surface area (TPSA) is 91.4 Å². The highest BCUT2D eigenvalue weighted by atomic mass is 16.5. The molecule has 0 saturated carbocycles. The van der Waals surface area contributed by atoms with Crippen molar-refractivity contribution in [2.24, 2.45) is 0 Å². The van der Waals surface area contributed by atoms with Gasteiger partial charge in [-0.15, -0.1) is 5.10 Å². The van der Waals surface area contributed by atoms with Crippen molar-refractivity contribution < 1.29 is 9.53 Å². The lowest BCUT2D eigenvalue weighted by atomic mass is 10.1. The number of hydrogen-bond donors (Lipinski definition) is 3. The molecule has 1 aromatic carbocycles. The molecule has 3 N–H and O–H groups in total. The first-order valence-corrected chi connectivity index (χ1v) is 9.12. The second-order valence-electron chi connectivity index (χ2n) is 6.58.